The Kier molecular flexibility index (Phi) is 5.45. The van der Waals surface area contributed by atoms with Crippen LogP contribution in [0.5, 0.6) is 11.5 Å². The molecule has 1 atom stereocenters. The van der Waals surface area contributed by atoms with Crippen LogP contribution < -0.4 is 20.1 Å². The molecule has 5 heteroatoms. The van der Waals surface area contributed by atoms with Crippen molar-refractivity contribution in [2.75, 3.05) is 33.1 Å². The summed E-state index contributed by atoms with van der Waals surface area (Å²) in [7, 11) is 4.96. The van der Waals surface area contributed by atoms with Crippen molar-refractivity contribution in [2.45, 2.75) is 6.92 Å². The summed E-state index contributed by atoms with van der Waals surface area (Å²) in [5.41, 5.74) is 0.616. The number of hydrogen-bond donors (Lipinski definition) is 2. The van der Waals surface area contributed by atoms with Crippen LogP contribution in [0, 0.1) is 5.92 Å². The highest BCUT2D eigenvalue weighted by atomic mass is 16.5. The van der Waals surface area contributed by atoms with Gasteiger partial charge < -0.3 is 20.1 Å². The summed E-state index contributed by atoms with van der Waals surface area (Å²) in [5.74, 6) is 1.11. The van der Waals surface area contributed by atoms with Crippen molar-refractivity contribution in [2.24, 2.45) is 5.92 Å². The molecule has 1 aromatic rings. The lowest BCUT2D eigenvalue weighted by atomic mass is 10.1. The van der Waals surface area contributed by atoms with E-state index in [1.807, 2.05) is 14.0 Å². The Morgan fingerprint density at radius 2 is 2.06 bits per heavy atom. The maximum atomic E-state index is 11.9. The molecule has 1 rings (SSSR count). The topological polar surface area (TPSA) is 59.6 Å². The van der Waals surface area contributed by atoms with E-state index in [-0.39, 0.29) is 11.8 Å². The van der Waals surface area contributed by atoms with Crippen molar-refractivity contribution in [1.82, 2.24) is 5.32 Å². The number of anilines is 1. The Bertz CT molecular complexity index is 407. The molecule has 2 N–H and O–H groups in total. The predicted octanol–water partition coefficient (Wildman–Crippen LogP) is 1.50. The Morgan fingerprint density at radius 1 is 1.33 bits per heavy atom. The van der Waals surface area contributed by atoms with E-state index in [0.29, 0.717) is 23.7 Å². The molecule has 0 saturated carbocycles. The Labute approximate surface area is 107 Å². The molecule has 0 aliphatic carbocycles. The van der Waals surface area contributed by atoms with Gasteiger partial charge in [0, 0.05) is 18.5 Å². The van der Waals surface area contributed by atoms with Gasteiger partial charge in [-0.25, -0.2) is 0 Å². The van der Waals surface area contributed by atoms with Crippen LogP contribution in [0.4, 0.5) is 5.69 Å². The van der Waals surface area contributed by atoms with Crippen molar-refractivity contribution < 1.29 is 14.3 Å². The van der Waals surface area contributed by atoms with Crippen LogP contribution in [0.25, 0.3) is 0 Å². The summed E-state index contributed by atoms with van der Waals surface area (Å²) in [6.45, 7) is 2.48. The predicted molar refractivity (Wildman–Crippen MR) is 71.3 cm³/mol. The second-order valence-electron chi connectivity index (χ2n) is 4.01. The third-order valence-electron chi connectivity index (χ3n) is 2.62. The molecule has 0 saturated heterocycles. The van der Waals surface area contributed by atoms with Crippen molar-refractivity contribution in [1.29, 1.82) is 0 Å². The number of ether oxygens (including phenoxy) is 2. The third kappa shape index (κ3) is 3.63. The minimum Gasteiger partial charge on any atom is -0.497 e. The molecule has 0 aromatic heterocycles. The van der Waals surface area contributed by atoms with Gasteiger partial charge in [0.05, 0.1) is 19.9 Å². The largest absolute Gasteiger partial charge is 0.497 e. The number of rotatable bonds is 6. The van der Waals surface area contributed by atoms with Crippen molar-refractivity contribution in [3.05, 3.63) is 18.2 Å². The highest BCUT2D eigenvalue weighted by Crippen LogP contribution is 2.29. The first kappa shape index (κ1) is 14.3. The molecule has 0 heterocycles. The zero-order chi connectivity index (χ0) is 13.5. The second kappa shape index (κ2) is 6.86. The Balaban J connectivity index is 2.84. The zero-order valence-corrected chi connectivity index (χ0v) is 11.2. The molecule has 5 nitrogen and oxygen atoms in total. The fourth-order valence-corrected chi connectivity index (χ4v) is 1.57. The Morgan fingerprint density at radius 3 is 2.61 bits per heavy atom. The van der Waals surface area contributed by atoms with Crippen LogP contribution in [-0.2, 0) is 4.79 Å². The van der Waals surface area contributed by atoms with Gasteiger partial charge in [0.2, 0.25) is 5.91 Å². The summed E-state index contributed by atoms with van der Waals surface area (Å²) in [6.07, 6.45) is 0. The van der Waals surface area contributed by atoms with E-state index in [9.17, 15) is 4.79 Å². The molecular formula is C13H20N2O3. The molecule has 1 aromatic carbocycles. The van der Waals surface area contributed by atoms with E-state index < -0.39 is 0 Å². The van der Waals surface area contributed by atoms with Crippen LogP contribution in [0.2, 0.25) is 0 Å². The number of carbonyl (C=O) groups excluding carboxylic acids is 1. The van der Waals surface area contributed by atoms with Gasteiger partial charge in [0.15, 0.2) is 0 Å². The first-order chi connectivity index (χ1) is 8.62. The lowest BCUT2D eigenvalue weighted by Crippen LogP contribution is -2.28. The molecule has 1 unspecified atom stereocenters. The van der Waals surface area contributed by atoms with Crippen LogP contribution in [0.1, 0.15) is 6.92 Å². The minimum absolute atomic E-state index is 0.0593. The fourth-order valence-electron chi connectivity index (χ4n) is 1.57. The van der Waals surface area contributed by atoms with E-state index >= 15 is 0 Å². The van der Waals surface area contributed by atoms with Crippen molar-refractivity contribution in [3.8, 4) is 11.5 Å². The van der Waals surface area contributed by atoms with Crippen LogP contribution in [0.3, 0.4) is 0 Å². The summed E-state index contributed by atoms with van der Waals surface area (Å²) < 4.78 is 10.3. The summed E-state index contributed by atoms with van der Waals surface area (Å²) in [6, 6.07) is 5.28. The molecule has 0 aliphatic heterocycles. The molecule has 0 aliphatic rings. The number of amides is 1. The monoisotopic (exact) mass is 252 g/mol. The van der Waals surface area contributed by atoms with Gasteiger partial charge in [-0.2, -0.15) is 0 Å². The third-order valence-corrected chi connectivity index (χ3v) is 2.62. The first-order valence-corrected chi connectivity index (χ1v) is 5.79. The van der Waals surface area contributed by atoms with Gasteiger partial charge in [-0.15, -0.1) is 0 Å². The summed E-state index contributed by atoms with van der Waals surface area (Å²) in [5, 5.41) is 5.81. The molecule has 0 fully saturated rings. The normalized spacial score (nSPS) is 11.8. The maximum absolute atomic E-state index is 11.9. The number of nitrogens with one attached hydrogen (secondary N) is 2. The first-order valence-electron chi connectivity index (χ1n) is 5.79. The lowest BCUT2D eigenvalue weighted by Gasteiger charge is -2.14. The smallest absolute Gasteiger partial charge is 0.228 e. The quantitative estimate of drug-likeness (QED) is 0.805. The molecule has 18 heavy (non-hydrogen) atoms. The van der Waals surface area contributed by atoms with Gasteiger partial charge >= 0.3 is 0 Å². The average Bonchev–Trinajstić information content (AvgIpc) is 2.38. The van der Waals surface area contributed by atoms with E-state index in [4.69, 9.17) is 9.47 Å². The Hall–Kier alpha value is -1.75. The lowest BCUT2D eigenvalue weighted by molar-refractivity contribution is -0.119. The van der Waals surface area contributed by atoms with E-state index in [1.165, 1.54) is 0 Å². The van der Waals surface area contributed by atoms with Crippen LogP contribution in [-0.4, -0.2) is 33.7 Å². The van der Waals surface area contributed by atoms with Crippen molar-refractivity contribution >= 4 is 11.6 Å². The minimum atomic E-state index is -0.120. The molecule has 0 bridgehead atoms. The standard InChI is InChI=1S/C13H20N2O3/c1-9(8-14-2)13(16)15-11-7-10(17-3)5-6-12(11)18-4/h5-7,9,14H,8H2,1-4H3,(H,15,16). The van der Waals surface area contributed by atoms with Crippen LogP contribution >= 0.6 is 0 Å². The van der Waals surface area contributed by atoms with E-state index in [1.54, 1.807) is 32.4 Å². The highest BCUT2D eigenvalue weighted by molar-refractivity contribution is 5.94. The summed E-state index contributed by atoms with van der Waals surface area (Å²) in [4.78, 5) is 11.9. The SMILES string of the molecule is CNCC(C)C(=O)Nc1cc(OC)ccc1OC. The molecular weight excluding hydrogens is 232 g/mol. The molecule has 100 valence electrons. The molecule has 0 radical (unpaired) electrons. The fraction of sp³-hybridized carbons (Fsp3) is 0.462. The molecule has 0 spiro atoms. The number of hydrogen-bond acceptors (Lipinski definition) is 4. The number of methoxy groups -OCH3 is 2. The second-order valence-corrected chi connectivity index (χ2v) is 4.01. The molecule has 1 amide bonds. The van der Waals surface area contributed by atoms with Gasteiger partial charge in [-0.1, -0.05) is 6.92 Å². The van der Waals surface area contributed by atoms with Gasteiger partial charge in [0.1, 0.15) is 11.5 Å². The van der Waals surface area contributed by atoms with Gasteiger partial charge in [0.25, 0.3) is 0 Å². The summed E-state index contributed by atoms with van der Waals surface area (Å²) >= 11 is 0. The van der Waals surface area contributed by atoms with Gasteiger partial charge in [-0.05, 0) is 19.2 Å². The van der Waals surface area contributed by atoms with Crippen LogP contribution in [0.15, 0.2) is 18.2 Å². The number of carbonyl (C=O) groups is 1. The maximum Gasteiger partial charge on any atom is 0.228 e. The number of benzene rings is 1. The van der Waals surface area contributed by atoms with E-state index in [0.717, 1.165) is 0 Å². The average molecular weight is 252 g/mol. The zero-order valence-electron chi connectivity index (χ0n) is 11.2. The van der Waals surface area contributed by atoms with Crippen molar-refractivity contribution in [3.63, 3.8) is 0 Å². The van der Waals surface area contributed by atoms with Gasteiger partial charge in [-0.3, -0.25) is 4.79 Å². The highest BCUT2D eigenvalue weighted by Gasteiger charge is 2.14. The van der Waals surface area contributed by atoms with E-state index in [2.05, 4.69) is 10.6 Å².